The highest BCUT2D eigenvalue weighted by Crippen LogP contribution is 2.07. The Balaban J connectivity index is 2.05. The summed E-state index contributed by atoms with van der Waals surface area (Å²) in [4.78, 5) is 0. The third-order valence-electron chi connectivity index (χ3n) is 2.28. The van der Waals surface area contributed by atoms with Crippen molar-refractivity contribution >= 4 is 0 Å². The summed E-state index contributed by atoms with van der Waals surface area (Å²) in [6, 6.07) is 6.73. The Morgan fingerprint density at radius 3 is 2.81 bits per heavy atom. The Morgan fingerprint density at radius 1 is 1.25 bits per heavy atom. The van der Waals surface area contributed by atoms with Crippen LogP contribution >= 0.6 is 0 Å². The Labute approximate surface area is 96.8 Å². The van der Waals surface area contributed by atoms with Gasteiger partial charge in [-0.3, -0.25) is 0 Å². The van der Waals surface area contributed by atoms with Crippen LogP contribution in [-0.2, 0) is 11.3 Å². The SMILES string of the molecule is CCCNCCCOCc1ccccc1F. The van der Waals surface area contributed by atoms with Crippen molar-refractivity contribution in [2.75, 3.05) is 19.7 Å². The van der Waals surface area contributed by atoms with Crippen molar-refractivity contribution in [2.45, 2.75) is 26.4 Å². The smallest absolute Gasteiger partial charge is 0.128 e. The molecular weight excluding hydrogens is 205 g/mol. The summed E-state index contributed by atoms with van der Waals surface area (Å²) in [7, 11) is 0. The molecule has 2 nitrogen and oxygen atoms in total. The quantitative estimate of drug-likeness (QED) is 0.687. The molecule has 0 aliphatic carbocycles. The first-order valence-electron chi connectivity index (χ1n) is 5.86. The van der Waals surface area contributed by atoms with Crippen LogP contribution in [0, 0.1) is 5.82 Å². The molecule has 3 heteroatoms. The lowest BCUT2D eigenvalue weighted by Crippen LogP contribution is -2.17. The first-order valence-corrected chi connectivity index (χ1v) is 5.86. The van der Waals surface area contributed by atoms with Crippen molar-refractivity contribution < 1.29 is 9.13 Å². The zero-order valence-corrected chi connectivity index (χ0v) is 9.84. The number of ether oxygens (including phenoxy) is 1. The van der Waals surface area contributed by atoms with Crippen LogP contribution in [0.5, 0.6) is 0 Å². The monoisotopic (exact) mass is 225 g/mol. The number of nitrogens with one attached hydrogen (secondary N) is 1. The van der Waals surface area contributed by atoms with Crippen LogP contribution in [0.4, 0.5) is 4.39 Å². The van der Waals surface area contributed by atoms with Crippen molar-refractivity contribution in [3.8, 4) is 0 Å². The summed E-state index contributed by atoms with van der Waals surface area (Å²) >= 11 is 0. The Kier molecular flexibility index (Phi) is 6.77. The highest BCUT2D eigenvalue weighted by molar-refractivity contribution is 5.16. The van der Waals surface area contributed by atoms with E-state index in [-0.39, 0.29) is 5.82 Å². The molecule has 0 heterocycles. The molecule has 16 heavy (non-hydrogen) atoms. The summed E-state index contributed by atoms with van der Waals surface area (Å²) in [6.07, 6.45) is 2.12. The predicted octanol–water partition coefficient (Wildman–Crippen LogP) is 2.73. The van der Waals surface area contributed by atoms with E-state index in [9.17, 15) is 4.39 Å². The third-order valence-corrected chi connectivity index (χ3v) is 2.28. The maximum atomic E-state index is 13.2. The Morgan fingerprint density at radius 2 is 2.06 bits per heavy atom. The molecule has 0 amide bonds. The van der Waals surface area contributed by atoms with Gasteiger partial charge in [-0.05, 0) is 32.0 Å². The second-order valence-electron chi connectivity index (χ2n) is 3.75. The largest absolute Gasteiger partial charge is 0.377 e. The van der Waals surface area contributed by atoms with Gasteiger partial charge >= 0.3 is 0 Å². The van der Waals surface area contributed by atoms with E-state index in [1.807, 2.05) is 6.07 Å². The number of hydrogen-bond donors (Lipinski definition) is 1. The van der Waals surface area contributed by atoms with E-state index in [2.05, 4.69) is 12.2 Å². The molecule has 0 aliphatic heterocycles. The number of hydrogen-bond acceptors (Lipinski definition) is 2. The summed E-state index contributed by atoms with van der Waals surface area (Å²) < 4.78 is 18.6. The average Bonchev–Trinajstić information content (AvgIpc) is 2.30. The molecule has 0 fully saturated rings. The lowest BCUT2D eigenvalue weighted by Gasteiger charge is -2.06. The van der Waals surface area contributed by atoms with Crippen molar-refractivity contribution in [1.29, 1.82) is 0 Å². The minimum absolute atomic E-state index is 0.188. The minimum Gasteiger partial charge on any atom is -0.377 e. The van der Waals surface area contributed by atoms with Gasteiger partial charge in [0.05, 0.1) is 6.61 Å². The van der Waals surface area contributed by atoms with Crippen molar-refractivity contribution in [1.82, 2.24) is 5.32 Å². The second kappa shape index (κ2) is 8.25. The predicted molar refractivity (Wildman–Crippen MR) is 63.8 cm³/mol. The summed E-state index contributed by atoms with van der Waals surface area (Å²) in [5.74, 6) is -0.188. The van der Waals surface area contributed by atoms with Crippen molar-refractivity contribution in [3.05, 3.63) is 35.6 Å². The molecule has 90 valence electrons. The molecule has 1 N–H and O–H groups in total. The topological polar surface area (TPSA) is 21.3 Å². The molecule has 0 bridgehead atoms. The molecule has 1 aromatic carbocycles. The van der Waals surface area contributed by atoms with Gasteiger partial charge < -0.3 is 10.1 Å². The third kappa shape index (κ3) is 5.24. The van der Waals surface area contributed by atoms with Crippen LogP contribution in [0.15, 0.2) is 24.3 Å². The van der Waals surface area contributed by atoms with E-state index >= 15 is 0 Å². The Bertz CT molecular complexity index is 291. The molecule has 1 aromatic rings. The fourth-order valence-corrected chi connectivity index (χ4v) is 1.40. The average molecular weight is 225 g/mol. The van der Waals surface area contributed by atoms with E-state index in [4.69, 9.17) is 4.74 Å². The van der Waals surface area contributed by atoms with Crippen LogP contribution in [0.3, 0.4) is 0 Å². The number of rotatable bonds is 8. The molecule has 0 aliphatic rings. The van der Waals surface area contributed by atoms with E-state index in [1.54, 1.807) is 12.1 Å². The normalized spacial score (nSPS) is 10.6. The van der Waals surface area contributed by atoms with Crippen LogP contribution in [0.1, 0.15) is 25.3 Å². The molecule has 0 spiro atoms. The molecule has 0 aromatic heterocycles. The molecule has 0 saturated carbocycles. The van der Waals surface area contributed by atoms with E-state index in [0.717, 1.165) is 25.9 Å². The number of benzene rings is 1. The lowest BCUT2D eigenvalue weighted by molar-refractivity contribution is 0.116. The van der Waals surface area contributed by atoms with Gasteiger partial charge in [-0.25, -0.2) is 4.39 Å². The van der Waals surface area contributed by atoms with E-state index in [1.165, 1.54) is 6.07 Å². The second-order valence-corrected chi connectivity index (χ2v) is 3.75. The highest BCUT2D eigenvalue weighted by Gasteiger charge is 1.99. The molecule has 0 radical (unpaired) electrons. The summed E-state index contributed by atoms with van der Waals surface area (Å²) in [5.41, 5.74) is 0.629. The lowest BCUT2D eigenvalue weighted by atomic mass is 10.2. The van der Waals surface area contributed by atoms with Gasteiger partial charge in [0, 0.05) is 12.2 Å². The van der Waals surface area contributed by atoms with Crippen LogP contribution in [0.25, 0.3) is 0 Å². The molecule has 0 atom stereocenters. The van der Waals surface area contributed by atoms with Crippen molar-refractivity contribution in [2.24, 2.45) is 0 Å². The first-order chi connectivity index (χ1) is 7.84. The summed E-state index contributed by atoms with van der Waals surface area (Å²) in [6.45, 7) is 5.19. The van der Waals surface area contributed by atoms with Gasteiger partial charge in [-0.1, -0.05) is 25.1 Å². The van der Waals surface area contributed by atoms with Gasteiger partial charge in [-0.2, -0.15) is 0 Å². The van der Waals surface area contributed by atoms with Crippen LogP contribution in [-0.4, -0.2) is 19.7 Å². The van der Waals surface area contributed by atoms with Gasteiger partial charge in [0.1, 0.15) is 5.82 Å². The molecular formula is C13H20FNO. The first kappa shape index (κ1) is 13.1. The number of halogens is 1. The molecule has 0 saturated heterocycles. The minimum atomic E-state index is -0.188. The van der Waals surface area contributed by atoms with E-state index in [0.29, 0.717) is 18.8 Å². The van der Waals surface area contributed by atoms with Gasteiger partial charge in [0.15, 0.2) is 0 Å². The summed E-state index contributed by atoms with van der Waals surface area (Å²) in [5, 5.41) is 3.29. The van der Waals surface area contributed by atoms with Crippen LogP contribution < -0.4 is 5.32 Å². The fraction of sp³-hybridized carbons (Fsp3) is 0.538. The van der Waals surface area contributed by atoms with Crippen molar-refractivity contribution in [3.63, 3.8) is 0 Å². The maximum Gasteiger partial charge on any atom is 0.128 e. The Hall–Kier alpha value is -0.930. The van der Waals surface area contributed by atoms with Gasteiger partial charge in [0.2, 0.25) is 0 Å². The molecule has 1 rings (SSSR count). The van der Waals surface area contributed by atoms with Gasteiger partial charge in [0.25, 0.3) is 0 Å². The maximum absolute atomic E-state index is 13.2. The van der Waals surface area contributed by atoms with Gasteiger partial charge in [-0.15, -0.1) is 0 Å². The zero-order chi connectivity index (χ0) is 11.6. The standard InChI is InChI=1S/C13H20FNO/c1-2-8-15-9-5-10-16-11-12-6-3-4-7-13(12)14/h3-4,6-7,15H,2,5,8-11H2,1H3. The fourth-order valence-electron chi connectivity index (χ4n) is 1.40. The highest BCUT2D eigenvalue weighted by atomic mass is 19.1. The van der Waals surface area contributed by atoms with Crippen LogP contribution in [0.2, 0.25) is 0 Å². The van der Waals surface area contributed by atoms with E-state index < -0.39 is 0 Å². The zero-order valence-electron chi connectivity index (χ0n) is 9.84. The molecule has 0 unspecified atom stereocenters.